The van der Waals surface area contributed by atoms with Crippen LogP contribution in [0, 0.1) is 0 Å². The van der Waals surface area contributed by atoms with Gasteiger partial charge in [0.05, 0.1) is 5.69 Å². The van der Waals surface area contributed by atoms with Gasteiger partial charge in [-0.25, -0.2) is 0 Å². The lowest BCUT2D eigenvalue weighted by Crippen LogP contribution is -2.11. The van der Waals surface area contributed by atoms with Crippen LogP contribution in [0.4, 0.5) is 17.1 Å². The van der Waals surface area contributed by atoms with Crippen LogP contribution in [0.3, 0.4) is 0 Å². The number of anilines is 3. The first kappa shape index (κ1) is 36.2. The maximum absolute atomic E-state index is 7.05. The maximum Gasteiger partial charge on any atom is 0.159 e. The van der Waals surface area contributed by atoms with Crippen LogP contribution in [0.2, 0.25) is 0 Å². The van der Waals surface area contributed by atoms with E-state index in [-0.39, 0.29) is 5.41 Å². The third-order valence-electron chi connectivity index (χ3n) is 12.9. The topological polar surface area (TPSA) is 16.4 Å². The summed E-state index contributed by atoms with van der Waals surface area (Å²) in [5, 5.41) is 7.20. The molecule has 0 radical (unpaired) electrons. The monoisotopic (exact) mass is 793 g/mol. The molecule has 0 amide bonds. The van der Waals surface area contributed by atoms with Crippen LogP contribution in [0.5, 0.6) is 0 Å². The summed E-state index contributed by atoms with van der Waals surface area (Å²) in [5.74, 6) is 0. The fourth-order valence-corrected chi connectivity index (χ4v) is 10.0. The second kappa shape index (κ2) is 13.9. The van der Waals surface area contributed by atoms with E-state index in [2.05, 4.69) is 232 Å². The van der Waals surface area contributed by atoms with Crippen molar-refractivity contribution in [1.82, 2.24) is 0 Å². The molecule has 1 aliphatic rings. The molecular formula is C60H43NO. The predicted octanol–water partition coefficient (Wildman–Crippen LogP) is 17.3. The lowest BCUT2D eigenvalue weighted by atomic mass is 9.70. The number of benzene rings is 10. The maximum atomic E-state index is 7.05. The van der Waals surface area contributed by atoms with Crippen molar-refractivity contribution < 1.29 is 4.42 Å². The van der Waals surface area contributed by atoms with Crippen molar-refractivity contribution in [3.63, 3.8) is 0 Å². The van der Waals surface area contributed by atoms with E-state index in [1.54, 1.807) is 0 Å². The van der Waals surface area contributed by atoms with Gasteiger partial charge in [-0.05, 0) is 125 Å². The minimum absolute atomic E-state index is 0.0791. The van der Waals surface area contributed by atoms with Crippen LogP contribution in [0.25, 0.3) is 99.1 Å². The number of para-hydroxylation sites is 2. The summed E-state index contributed by atoms with van der Waals surface area (Å²) in [6.45, 7) is 6.77. The van der Waals surface area contributed by atoms with Crippen molar-refractivity contribution in [3.8, 4) is 55.6 Å². The Balaban J connectivity index is 1.10. The standard InChI is InChI=1S/C60H43NO/c1-60(2,3)52-30-16-28-48-49-29-17-31-53(59(49)62-58(48)52)61(44-25-15-24-41(34-44)38-18-7-4-8-19-38)45-33-32-42-36-50-51(37-43(42)35-45)57-55(40-22-11-6-12-23-40)47-27-14-13-26-46(47)54(56(50)57)39-20-9-5-10-21-39/h4-37H,1-3H3. The minimum Gasteiger partial charge on any atom is -0.454 e. The molecule has 0 saturated heterocycles. The van der Waals surface area contributed by atoms with Gasteiger partial charge < -0.3 is 9.32 Å². The average molecular weight is 794 g/mol. The molecule has 0 fully saturated rings. The Morgan fingerprint density at radius 1 is 0.355 bits per heavy atom. The van der Waals surface area contributed by atoms with Gasteiger partial charge in [0.2, 0.25) is 0 Å². The summed E-state index contributed by atoms with van der Waals surface area (Å²) in [7, 11) is 0. The largest absolute Gasteiger partial charge is 0.454 e. The van der Waals surface area contributed by atoms with E-state index < -0.39 is 0 Å². The molecule has 0 N–H and O–H groups in total. The molecule has 0 spiro atoms. The fourth-order valence-electron chi connectivity index (χ4n) is 10.0. The highest BCUT2D eigenvalue weighted by molar-refractivity contribution is 6.26. The van der Waals surface area contributed by atoms with E-state index in [1.807, 2.05) is 0 Å². The minimum atomic E-state index is -0.0791. The third kappa shape index (κ3) is 5.64. The Morgan fingerprint density at radius 3 is 1.48 bits per heavy atom. The molecule has 0 atom stereocenters. The molecule has 1 heterocycles. The van der Waals surface area contributed by atoms with Gasteiger partial charge in [-0.15, -0.1) is 0 Å². The summed E-state index contributed by atoms with van der Waals surface area (Å²) in [4.78, 5) is 2.39. The molecule has 0 unspecified atom stereocenters. The molecule has 294 valence electrons. The molecule has 62 heavy (non-hydrogen) atoms. The van der Waals surface area contributed by atoms with Gasteiger partial charge in [0, 0.05) is 27.7 Å². The third-order valence-corrected chi connectivity index (χ3v) is 12.9. The zero-order valence-electron chi connectivity index (χ0n) is 35.0. The molecule has 2 nitrogen and oxygen atoms in total. The molecule has 11 aromatic rings. The highest BCUT2D eigenvalue weighted by Crippen LogP contribution is 2.60. The molecule has 2 heteroatoms. The zero-order valence-corrected chi connectivity index (χ0v) is 35.0. The predicted molar refractivity (Wildman–Crippen MR) is 263 cm³/mol. The molecule has 1 aliphatic carbocycles. The summed E-state index contributed by atoms with van der Waals surface area (Å²) < 4.78 is 7.05. The van der Waals surface area contributed by atoms with Crippen LogP contribution in [0.1, 0.15) is 26.3 Å². The number of nitrogens with zero attached hydrogens (tertiary/aromatic N) is 1. The summed E-state index contributed by atoms with van der Waals surface area (Å²) in [6.07, 6.45) is 0. The number of hydrogen-bond donors (Lipinski definition) is 0. The highest BCUT2D eigenvalue weighted by Gasteiger charge is 2.33. The zero-order chi connectivity index (χ0) is 41.5. The molecule has 10 aromatic carbocycles. The Bertz CT molecular complexity index is 3540. The molecule has 1 aromatic heterocycles. The van der Waals surface area contributed by atoms with E-state index in [0.29, 0.717) is 0 Å². The van der Waals surface area contributed by atoms with E-state index >= 15 is 0 Å². The summed E-state index contributed by atoms with van der Waals surface area (Å²) in [6, 6.07) is 75.3. The van der Waals surface area contributed by atoms with Crippen molar-refractivity contribution >= 4 is 60.5 Å². The highest BCUT2D eigenvalue weighted by atomic mass is 16.3. The van der Waals surface area contributed by atoms with Gasteiger partial charge in [0.15, 0.2) is 5.58 Å². The summed E-state index contributed by atoms with van der Waals surface area (Å²) in [5.41, 5.74) is 18.8. The van der Waals surface area contributed by atoms with Gasteiger partial charge in [-0.1, -0.05) is 185 Å². The molecule has 0 aliphatic heterocycles. The van der Waals surface area contributed by atoms with E-state index in [4.69, 9.17) is 4.42 Å². The first-order valence-corrected chi connectivity index (χ1v) is 21.6. The number of fused-ring (bicyclic) bond motifs is 9. The second-order valence-electron chi connectivity index (χ2n) is 17.6. The van der Waals surface area contributed by atoms with Crippen molar-refractivity contribution in [2.45, 2.75) is 26.2 Å². The van der Waals surface area contributed by atoms with E-state index in [9.17, 15) is 0 Å². The molecule has 12 rings (SSSR count). The quantitative estimate of drug-likeness (QED) is 0.167. The first-order valence-electron chi connectivity index (χ1n) is 21.6. The van der Waals surface area contributed by atoms with Crippen molar-refractivity contribution in [2.24, 2.45) is 0 Å². The van der Waals surface area contributed by atoms with Gasteiger partial charge in [-0.3, -0.25) is 0 Å². The van der Waals surface area contributed by atoms with Gasteiger partial charge >= 0.3 is 0 Å². The Kier molecular flexibility index (Phi) is 8.14. The number of rotatable bonds is 6. The smallest absolute Gasteiger partial charge is 0.159 e. The fraction of sp³-hybridized carbons (Fsp3) is 0.0667. The number of hydrogen-bond acceptors (Lipinski definition) is 2. The summed E-state index contributed by atoms with van der Waals surface area (Å²) >= 11 is 0. The number of furan rings is 1. The Hall–Kier alpha value is -7.68. The lowest BCUT2D eigenvalue weighted by Gasteiger charge is -2.33. The molecule has 0 bridgehead atoms. The average Bonchev–Trinajstić information content (AvgIpc) is 3.70. The van der Waals surface area contributed by atoms with Gasteiger partial charge in [-0.2, -0.15) is 0 Å². The van der Waals surface area contributed by atoms with E-state index in [0.717, 1.165) is 44.6 Å². The first-order chi connectivity index (χ1) is 30.4. The van der Waals surface area contributed by atoms with Crippen LogP contribution in [0.15, 0.2) is 211 Å². The van der Waals surface area contributed by atoms with Crippen molar-refractivity contribution in [2.75, 3.05) is 4.90 Å². The van der Waals surface area contributed by atoms with Crippen LogP contribution >= 0.6 is 0 Å². The van der Waals surface area contributed by atoms with Crippen LogP contribution < -0.4 is 4.90 Å². The Morgan fingerprint density at radius 2 is 0.855 bits per heavy atom. The lowest BCUT2D eigenvalue weighted by molar-refractivity contribution is 0.573. The van der Waals surface area contributed by atoms with Crippen LogP contribution in [-0.4, -0.2) is 0 Å². The van der Waals surface area contributed by atoms with Gasteiger partial charge in [0.25, 0.3) is 0 Å². The van der Waals surface area contributed by atoms with Crippen molar-refractivity contribution in [3.05, 3.63) is 212 Å². The molecular weight excluding hydrogens is 751 g/mol. The molecule has 0 saturated carbocycles. The second-order valence-corrected chi connectivity index (χ2v) is 17.6. The Labute approximate surface area is 362 Å². The van der Waals surface area contributed by atoms with E-state index in [1.165, 1.54) is 77.2 Å². The normalized spacial score (nSPS) is 12.1. The van der Waals surface area contributed by atoms with Crippen LogP contribution in [-0.2, 0) is 5.41 Å². The van der Waals surface area contributed by atoms with Crippen molar-refractivity contribution in [1.29, 1.82) is 0 Å². The van der Waals surface area contributed by atoms with Gasteiger partial charge in [0.1, 0.15) is 5.58 Å². The SMILES string of the molecule is CC(C)(C)c1cccc2c1oc1c(N(c3cccc(-c4ccccc4)c3)c3ccc4cc5c(cc4c3)-c3c-5c(-c4ccccc4)c4ccccc4c3-c3ccccc3)cccc12.